The number of carbonyl (C=O) groups is 1. The van der Waals surface area contributed by atoms with Crippen molar-refractivity contribution in [1.29, 1.82) is 0 Å². The Labute approximate surface area is 270 Å². The monoisotopic (exact) mass is 657 g/mol. The van der Waals surface area contributed by atoms with Crippen molar-refractivity contribution in [2.45, 2.75) is 38.9 Å². The van der Waals surface area contributed by atoms with Gasteiger partial charge in [0, 0.05) is 51.2 Å². The smallest absolute Gasteiger partial charge is 0.315 e. The van der Waals surface area contributed by atoms with Gasteiger partial charge in [-0.1, -0.05) is 23.5 Å². The van der Waals surface area contributed by atoms with Crippen LogP contribution in [0.3, 0.4) is 0 Å². The van der Waals surface area contributed by atoms with Crippen LogP contribution in [0, 0.1) is 0 Å². The van der Waals surface area contributed by atoms with Gasteiger partial charge in [0.05, 0.1) is 35.8 Å². The summed E-state index contributed by atoms with van der Waals surface area (Å²) < 4.78 is 18.5. The normalized spacial score (nSPS) is 12.8. The second-order valence-corrected chi connectivity index (χ2v) is 11.4. The Kier molecular flexibility index (Phi) is 12.8. The van der Waals surface area contributed by atoms with E-state index in [2.05, 4.69) is 48.9 Å². The lowest BCUT2D eigenvalue weighted by molar-refractivity contribution is -0.140. The number of carbonyl (C=O) groups excluding carboxylic acids is 1. The average molecular weight is 658 g/mol. The molecule has 2 atom stereocenters. The molecule has 17 heteroatoms. The van der Waals surface area contributed by atoms with Gasteiger partial charge in [0.1, 0.15) is 0 Å². The molecular weight excluding hydrogens is 619 g/mol. The standard InChI is InChI=1S/C28H39N11O4S2/c1-17(14-41-3)31-26-23(25(30-10-7-11-43-22(40)16-44)34-27(35-26)32-18(2)15-42-4)36-37-24-19(12-29)13-39(38-24)28-33-20-8-5-6-9-21(20)45-28/h5-6,8-9,13,17-18,44H,7,10-12,14-16,29H2,1-4H3,(H3,30,31,32,34,35). The number of methoxy groups -OCH3 is 2. The largest absolute Gasteiger partial charge is 0.465 e. The second kappa shape index (κ2) is 17.0. The van der Waals surface area contributed by atoms with E-state index >= 15 is 0 Å². The van der Waals surface area contributed by atoms with Gasteiger partial charge in [-0.15, -0.1) is 15.3 Å². The number of fused-ring (bicyclic) bond motifs is 1. The molecule has 0 bridgehead atoms. The van der Waals surface area contributed by atoms with E-state index < -0.39 is 0 Å². The Bertz CT molecular complexity index is 1550. The highest BCUT2D eigenvalue weighted by Gasteiger charge is 2.19. The fourth-order valence-electron chi connectivity index (χ4n) is 4.17. The highest BCUT2D eigenvalue weighted by Crippen LogP contribution is 2.35. The maximum absolute atomic E-state index is 11.5. The third-order valence-electron chi connectivity index (χ3n) is 6.19. The molecule has 0 spiro atoms. The van der Waals surface area contributed by atoms with Crippen molar-refractivity contribution in [1.82, 2.24) is 24.7 Å². The van der Waals surface area contributed by atoms with Crippen molar-refractivity contribution in [3.8, 4) is 5.13 Å². The first kappa shape index (κ1) is 34.0. The summed E-state index contributed by atoms with van der Waals surface area (Å²) in [5, 5.41) is 24.3. The zero-order valence-electron chi connectivity index (χ0n) is 25.7. The van der Waals surface area contributed by atoms with E-state index in [1.807, 2.05) is 38.1 Å². The molecule has 0 aliphatic heterocycles. The summed E-state index contributed by atoms with van der Waals surface area (Å²) >= 11 is 5.45. The van der Waals surface area contributed by atoms with E-state index in [1.165, 1.54) is 11.3 Å². The van der Waals surface area contributed by atoms with Crippen molar-refractivity contribution >= 4 is 69.2 Å². The lowest BCUT2D eigenvalue weighted by Gasteiger charge is -2.19. The van der Waals surface area contributed by atoms with E-state index in [0.717, 1.165) is 10.2 Å². The molecule has 242 valence electrons. The predicted molar refractivity (Wildman–Crippen MR) is 179 cm³/mol. The second-order valence-electron chi connectivity index (χ2n) is 10.0. The highest BCUT2D eigenvalue weighted by molar-refractivity contribution is 7.81. The van der Waals surface area contributed by atoms with E-state index in [0.29, 0.717) is 66.0 Å². The maximum Gasteiger partial charge on any atom is 0.315 e. The number of nitrogens with two attached hydrogens (primary N) is 1. The Morgan fingerprint density at radius 2 is 1.80 bits per heavy atom. The molecule has 3 heterocycles. The number of aromatic nitrogens is 5. The summed E-state index contributed by atoms with van der Waals surface area (Å²) in [5.74, 6) is 1.17. The van der Waals surface area contributed by atoms with E-state index in [4.69, 9.17) is 29.9 Å². The molecule has 0 aliphatic carbocycles. The Morgan fingerprint density at radius 1 is 1.07 bits per heavy atom. The molecule has 1 aromatic carbocycles. The van der Waals surface area contributed by atoms with Crippen LogP contribution in [0.15, 0.2) is 40.7 Å². The summed E-state index contributed by atoms with van der Waals surface area (Å²) in [6.45, 7) is 5.65. The van der Waals surface area contributed by atoms with Crippen LogP contribution in [0.4, 0.5) is 29.1 Å². The van der Waals surface area contributed by atoms with Gasteiger partial charge in [-0.2, -0.15) is 22.6 Å². The quantitative estimate of drug-likeness (QED) is 0.0442. The topological polar surface area (TPSA) is 188 Å². The van der Waals surface area contributed by atoms with Gasteiger partial charge in [0.2, 0.25) is 16.9 Å². The molecule has 0 saturated carbocycles. The molecule has 5 N–H and O–H groups in total. The summed E-state index contributed by atoms with van der Waals surface area (Å²) in [6, 6.07) is 7.69. The van der Waals surface area contributed by atoms with Gasteiger partial charge in [0.25, 0.3) is 0 Å². The lowest BCUT2D eigenvalue weighted by atomic mass is 10.3. The Hall–Kier alpha value is -3.90. The summed E-state index contributed by atoms with van der Waals surface area (Å²) in [6.07, 6.45) is 2.33. The fourth-order valence-corrected chi connectivity index (χ4v) is 5.15. The molecule has 4 aromatic rings. The number of esters is 1. The maximum atomic E-state index is 11.5. The van der Waals surface area contributed by atoms with Crippen molar-refractivity contribution in [3.05, 3.63) is 36.0 Å². The molecule has 4 rings (SSSR count). The van der Waals surface area contributed by atoms with Crippen LogP contribution >= 0.6 is 24.0 Å². The zero-order chi connectivity index (χ0) is 32.2. The van der Waals surface area contributed by atoms with Crippen molar-refractivity contribution in [3.63, 3.8) is 0 Å². The number of benzene rings is 1. The number of nitrogens with one attached hydrogen (secondary N) is 3. The number of nitrogens with zero attached hydrogens (tertiary/aromatic N) is 7. The minimum Gasteiger partial charge on any atom is -0.465 e. The summed E-state index contributed by atoms with van der Waals surface area (Å²) in [5.41, 5.74) is 7.99. The number of thiazole rings is 1. The Morgan fingerprint density at radius 3 is 2.51 bits per heavy atom. The first-order chi connectivity index (χ1) is 21.8. The van der Waals surface area contributed by atoms with E-state index in [9.17, 15) is 4.79 Å². The summed E-state index contributed by atoms with van der Waals surface area (Å²) in [4.78, 5) is 25.6. The molecule has 0 radical (unpaired) electrons. The number of hydrogen-bond donors (Lipinski definition) is 5. The minimum absolute atomic E-state index is 0.0206. The summed E-state index contributed by atoms with van der Waals surface area (Å²) in [7, 11) is 3.26. The van der Waals surface area contributed by atoms with Gasteiger partial charge in [-0.3, -0.25) is 4.79 Å². The third kappa shape index (κ3) is 9.54. The molecule has 2 unspecified atom stereocenters. The van der Waals surface area contributed by atoms with Gasteiger partial charge < -0.3 is 35.9 Å². The first-order valence-electron chi connectivity index (χ1n) is 14.3. The van der Waals surface area contributed by atoms with Crippen LogP contribution in [0.5, 0.6) is 0 Å². The number of azo groups is 1. The van der Waals surface area contributed by atoms with Crippen molar-refractivity contribution in [2.24, 2.45) is 16.0 Å². The molecule has 0 amide bonds. The van der Waals surface area contributed by atoms with Crippen LogP contribution in [-0.4, -0.2) is 89.1 Å². The number of rotatable bonds is 18. The lowest BCUT2D eigenvalue weighted by Crippen LogP contribution is -2.25. The Balaban J connectivity index is 1.69. The van der Waals surface area contributed by atoms with Gasteiger partial charge in [0.15, 0.2) is 17.3 Å². The SMILES string of the molecule is COCC(C)Nc1nc(NCCCOC(=O)CS)c(N=Nc2nn(-c3nc4ccccc4s3)cc2CN)c(NC(C)COC)n1. The van der Waals surface area contributed by atoms with E-state index in [-0.39, 0.29) is 37.0 Å². The van der Waals surface area contributed by atoms with Crippen molar-refractivity contribution < 1.29 is 19.0 Å². The molecule has 0 aliphatic rings. The number of anilines is 3. The molecule has 3 aromatic heterocycles. The number of thiol groups is 1. The first-order valence-corrected chi connectivity index (χ1v) is 15.8. The van der Waals surface area contributed by atoms with Gasteiger partial charge in [-0.25, -0.2) is 9.67 Å². The molecular formula is C28H39N11O4S2. The molecule has 0 fully saturated rings. The number of hydrogen-bond acceptors (Lipinski definition) is 16. The zero-order valence-corrected chi connectivity index (χ0v) is 27.4. The minimum atomic E-state index is -0.381. The van der Waals surface area contributed by atoms with Crippen LogP contribution < -0.4 is 21.7 Å². The van der Waals surface area contributed by atoms with Crippen LogP contribution in [0.2, 0.25) is 0 Å². The van der Waals surface area contributed by atoms with Crippen LogP contribution in [0.25, 0.3) is 15.3 Å². The molecule has 15 nitrogen and oxygen atoms in total. The average Bonchev–Trinajstić information content (AvgIpc) is 3.64. The van der Waals surface area contributed by atoms with Gasteiger partial charge >= 0.3 is 5.97 Å². The van der Waals surface area contributed by atoms with Crippen LogP contribution in [-0.2, 0) is 25.5 Å². The highest BCUT2D eigenvalue weighted by atomic mass is 32.1. The predicted octanol–water partition coefficient (Wildman–Crippen LogP) is 4.31. The molecule has 0 saturated heterocycles. The van der Waals surface area contributed by atoms with E-state index in [1.54, 1.807) is 25.1 Å². The molecule has 45 heavy (non-hydrogen) atoms. The number of para-hydroxylation sites is 1. The number of ether oxygens (including phenoxy) is 3. The third-order valence-corrected chi connectivity index (χ3v) is 7.48. The van der Waals surface area contributed by atoms with Gasteiger partial charge in [-0.05, 0) is 32.4 Å². The fraction of sp³-hybridized carbons (Fsp3) is 0.464. The van der Waals surface area contributed by atoms with Crippen LogP contribution in [0.1, 0.15) is 25.8 Å². The van der Waals surface area contributed by atoms with Crippen molar-refractivity contribution in [2.75, 3.05) is 62.3 Å².